The second-order valence-electron chi connectivity index (χ2n) is 5.21. The van der Waals surface area contributed by atoms with E-state index in [-0.39, 0.29) is 26.9 Å². The zero-order chi connectivity index (χ0) is 19.5. The minimum absolute atomic E-state index is 0.0103. The van der Waals surface area contributed by atoms with Crippen LogP contribution in [0.15, 0.2) is 35.2 Å². The van der Waals surface area contributed by atoms with Gasteiger partial charge in [0.15, 0.2) is 11.5 Å². The molecule has 0 saturated carbocycles. The highest BCUT2D eigenvalue weighted by atomic mass is 35.5. The highest BCUT2D eigenvalue weighted by Gasteiger charge is 2.23. The summed E-state index contributed by atoms with van der Waals surface area (Å²) >= 11 is 5.94. The number of sulfonamides is 1. The molecule has 2 rings (SSSR count). The van der Waals surface area contributed by atoms with Crippen molar-refractivity contribution in [1.82, 2.24) is 0 Å². The Morgan fingerprint density at radius 3 is 2.50 bits per heavy atom. The fraction of sp³-hybridized carbons (Fsp3) is 0.250. The molecule has 10 heteroatoms. The van der Waals surface area contributed by atoms with E-state index in [1.807, 2.05) is 6.92 Å². The highest BCUT2D eigenvalue weighted by molar-refractivity contribution is 7.92. The maximum Gasteiger partial charge on any atom is 0.275 e. The number of nitrogens with one attached hydrogen (secondary N) is 1. The zero-order valence-corrected chi connectivity index (χ0v) is 15.8. The van der Waals surface area contributed by atoms with Crippen molar-refractivity contribution in [3.63, 3.8) is 0 Å². The lowest BCUT2D eigenvalue weighted by molar-refractivity contribution is -0.385. The summed E-state index contributed by atoms with van der Waals surface area (Å²) in [5.41, 5.74) is 0.0326. The second-order valence-corrected chi connectivity index (χ2v) is 7.30. The third kappa shape index (κ3) is 4.17. The van der Waals surface area contributed by atoms with Crippen LogP contribution in [0.3, 0.4) is 0 Å². The van der Waals surface area contributed by atoms with Crippen LogP contribution in [-0.2, 0) is 10.0 Å². The monoisotopic (exact) mass is 400 g/mol. The summed E-state index contributed by atoms with van der Waals surface area (Å²) in [5.74, 6) is 0.812. The maximum atomic E-state index is 12.6. The van der Waals surface area contributed by atoms with Crippen LogP contribution in [0.25, 0.3) is 0 Å². The first-order chi connectivity index (χ1) is 12.2. The topological polar surface area (TPSA) is 108 Å². The van der Waals surface area contributed by atoms with Gasteiger partial charge in [0.05, 0.1) is 34.2 Å². The number of benzene rings is 2. The number of hydrogen-bond donors (Lipinski definition) is 1. The van der Waals surface area contributed by atoms with Crippen molar-refractivity contribution in [2.24, 2.45) is 0 Å². The fourth-order valence-electron chi connectivity index (χ4n) is 2.20. The summed E-state index contributed by atoms with van der Waals surface area (Å²) < 4.78 is 38.1. The third-order valence-electron chi connectivity index (χ3n) is 3.51. The predicted molar refractivity (Wildman–Crippen MR) is 97.8 cm³/mol. The van der Waals surface area contributed by atoms with Crippen LogP contribution < -0.4 is 14.2 Å². The molecule has 2 aromatic rings. The number of hydrogen-bond acceptors (Lipinski definition) is 6. The fourth-order valence-corrected chi connectivity index (χ4v) is 3.58. The van der Waals surface area contributed by atoms with E-state index in [0.29, 0.717) is 18.1 Å². The van der Waals surface area contributed by atoms with Gasteiger partial charge in [-0.25, -0.2) is 8.42 Å². The molecule has 0 aliphatic rings. The van der Waals surface area contributed by atoms with E-state index in [1.165, 1.54) is 26.2 Å². The molecule has 1 N–H and O–H groups in total. The van der Waals surface area contributed by atoms with Crippen LogP contribution >= 0.6 is 11.6 Å². The van der Waals surface area contributed by atoms with E-state index in [0.717, 1.165) is 12.1 Å². The number of nitro benzene ring substituents is 1. The summed E-state index contributed by atoms with van der Waals surface area (Å²) in [6, 6.07) is 6.64. The Balaban J connectivity index is 2.42. The lowest BCUT2D eigenvalue weighted by Crippen LogP contribution is -2.14. The van der Waals surface area contributed by atoms with E-state index in [2.05, 4.69) is 4.72 Å². The molecule has 140 valence electrons. The van der Waals surface area contributed by atoms with E-state index < -0.39 is 14.9 Å². The summed E-state index contributed by atoms with van der Waals surface area (Å²) in [5, 5.41) is 11.1. The van der Waals surface area contributed by atoms with Gasteiger partial charge < -0.3 is 9.47 Å². The number of halogens is 1. The number of nitro groups is 1. The third-order valence-corrected chi connectivity index (χ3v) is 5.27. The number of rotatable bonds is 7. The van der Waals surface area contributed by atoms with Gasteiger partial charge in [-0.3, -0.25) is 14.8 Å². The number of methoxy groups -OCH3 is 1. The highest BCUT2D eigenvalue weighted by Crippen LogP contribution is 2.33. The largest absolute Gasteiger partial charge is 0.493 e. The van der Waals surface area contributed by atoms with E-state index in [4.69, 9.17) is 21.1 Å². The predicted octanol–water partition coefficient (Wildman–Crippen LogP) is 3.76. The normalized spacial score (nSPS) is 11.1. The summed E-state index contributed by atoms with van der Waals surface area (Å²) in [7, 11) is -2.66. The van der Waals surface area contributed by atoms with E-state index in [9.17, 15) is 18.5 Å². The van der Waals surface area contributed by atoms with Crippen LogP contribution in [-0.4, -0.2) is 27.1 Å². The Hall–Kier alpha value is -2.52. The first-order valence-corrected chi connectivity index (χ1v) is 9.34. The number of ether oxygens (including phenoxy) is 2. The molecule has 0 radical (unpaired) electrons. The maximum absolute atomic E-state index is 12.6. The number of nitrogens with zero attached hydrogens (tertiary/aromatic N) is 1. The Labute approximate surface area is 155 Å². The van der Waals surface area contributed by atoms with Gasteiger partial charge in [-0.2, -0.15) is 0 Å². The van der Waals surface area contributed by atoms with Gasteiger partial charge in [-0.05, 0) is 32.0 Å². The average molecular weight is 401 g/mol. The minimum atomic E-state index is -4.09. The van der Waals surface area contributed by atoms with Crippen molar-refractivity contribution in [2.75, 3.05) is 18.4 Å². The van der Waals surface area contributed by atoms with Gasteiger partial charge >= 0.3 is 0 Å². The lowest BCUT2D eigenvalue weighted by Gasteiger charge is -2.13. The van der Waals surface area contributed by atoms with Crippen LogP contribution in [0.2, 0.25) is 5.02 Å². The summed E-state index contributed by atoms with van der Waals surface area (Å²) in [6.07, 6.45) is 0. The van der Waals surface area contributed by atoms with Crippen LogP contribution in [0, 0.1) is 17.0 Å². The quantitative estimate of drug-likeness (QED) is 0.560. The molecular weight excluding hydrogens is 384 g/mol. The molecule has 2 aromatic carbocycles. The first kappa shape index (κ1) is 19.8. The molecule has 0 spiro atoms. The van der Waals surface area contributed by atoms with Crippen LogP contribution in [0.1, 0.15) is 12.5 Å². The van der Waals surface area contributed by atoms with Gasteiger partial charge in [0.2, 0.25) is 0 Å². The van der Waals surface area contributed by atoms with Crippen molar-refractivity contribution in [2.45, 2.75) is 18.7 Å². The van der Waals surface area contributed by atoms with Crippen LogP contribution in [0.5, 0.6) is 11.5 Å². The summed E-state index contributed by atoms with van der Waals surface area (Å²) in [4.78, 5) is 10.1. The van der Waals surface area contributed by atoms with Gasteiger partial charge in [0, 0.05) is 17.7 Å². The van der Waals surface area contributed by atoms with Gasteiger partial charge in [0.25, 0.3) is 15.7 Å². The molecule has 0 unspecified atom stereocenters. The molecule has 0 aromatic heterocycles. The standard InChI is InChI=1S/C16H17ClN2O6S/c1-4-25-15-6-5-11(7-16(15)24-3)18-26(22,23)12-8-13(17)10(2)14(9-12)19(20)21/h5-9,18H,4H2,1-3H3. The van der Waals surface area contributed by atoms with Crippen molar-refractivity contribution >= 4 is 33.0 Å². The molecule has 0 fully saturated rings. The molecule has 0 heterocycles. The van der Waals surface area contributed by atoms with Gasteiger partial charge in [0.1, 0.15) is 0 Å². The Morgan fingerprint density at radius 2 is 1.92 bits per heavy atom. The lowest BCUT2D eigenvalue weighted by atomic mass is 10.2. The van der Waals surface area contributed by atoms with Gasteiger partial charge in [-0.15, -0.1) is 0 Å². The average Bonchev–Trinajstić information content (AvgIpc) is 2.58. The molecule has 0 aliphatic heterocycles. The molecule has 26 heavy (non-hydrogen) atoms. The Morgan fingerprint density at radius 1 is 1.23 bits per heavy atom. The first-order valence-electron chi connectivity index (χ1n) is 7.47. The van der Waals surface area contributed by atoms with Gasteiger partial charge in [-0.1, -0.05) is 11.6 Å². The second kappa shape index (κ2) is 7.79. The molecule has 8 nitrogen and oxygen atoms in total. The molecular formula is C16H17ClN2O6S. The molecule has 0 amide bonds. The zero-order valence-electron chi connectivity index (χ0n) is 14.3. The van der Waals surface area contributed by atoms with E-state index in [1.54, 1.807) is 6.07 Å². The summed E-state index contributed by atoms with van der Waals surface area (Å²) in [6.45, 7) is 3.68. The molecule has 0 atom stereocenters. The van der Waals surface area contributed by atoms with Crippen molar-refractivity contribution in [1.29, 1.82) is 0 Å². The van der Waals surface area contributed by atoms with Crippen molar-refractivity contribution in [3.05, 3.63) is 51.0 Å². The molecule has 0 aliphatic carbocycles. The van der Waals surface area contributed by atoms with Crippen molar-refractivity contribution < 1.29 is 22.8 Å². The SMILES string of the molecule is CCOc1ccc(NS(=O)(=O)c2cc(Cl)c(C)c([N+](=O)[O-])c2)cc1OC. The Bertz CT molecular complexity index is 946. The van der Waals surface area contributed by atoms with Crippen molar-refractivity contribution in [3.8, 4) is 11.5 Å². The van der Waals surface area contributed by atoms with E-state index >= 15 is 0 Å². The number of anilines is 1. The molecule has 0 bridgehead atoms. The van der Waals surface area contributed by atoms with Crippen LogP contribution in [0.4, 0.5) is 11.4 Å². The Kier molecular flexibility index (Phi) is 5.94. The molecule has 0 saturated heterocycles. The minimum Gasteiger partial charge on any atom is -0.493 e. The smallest absolute Gasteiger partial charge is 0.275 e.